The van der Waals surface area contributed by atoms with E-state index in [0.717, 1.165) is 22.7 Å². The predicted octanol–water partition coefficient (Wildman–Crippen LogP) is 2.92. The third-order valence-electron chi connectivity index (χ3n) is 1.76. The molecule has 0 fully saturated rings. The molecule has 0 saturated carbocycles. The Morgan fingerprint density at radius 1 is 1.50 bits per heavy atom. The number of hydrogen-bond donors (Lipinski definition) is 0. The predicted molar refractivity (Wildman–Crippen MR) is 58.1 cm³/mol. The molecule has 68 valence electrons. The van der Waals surface area contributed by atoms with Crippen LogP contribution in [0.5, 0.6) is 0 Å². The lowest BCUT2D eigenvalue weighted by Gasteiger charge is -2.10. The topological polar surface area (TPSA) is 16.1 Å². The van der Waals surface area contributed by atoms with Gasteiger partial charge in [0.05, 0.1) is 0 Å². The highest BCUT2D eigenvalue weighted by atomic mass is 79.9. The van der Waals surface area contributed by atoms with Gasteiger partial charge in [0.2, 0.25) is 0 Å². The Morgan fingerprint density at radius 3 is 2.58 bits per heavy atom. The van der Waals surface area contributed by atoms with Crippen LogP contribution in [-0.4, -0.2) is 18.6 Å². The van der Waals surface area contributed by atoms with Crippen LogP contribution in [0.1, 0.15) is 18.7 Å². The summed E-state index contributed by atoms with van der Waals surface area (Å²) >= 11 is 5.21. The van der Waals surface area contributed by atoms with Crippen LogP contribution in [0.3, 0.4) is 0 Å². The van der Waals surface area contributed by atoms with Crippen molar-refractivity contribution in [3.05, 3.63) is 9.48 Å². The molecule has 0 aliphatic carbocycles. The minimum atomic E-state index is 1.00. The number of hydrogen-bond acceptors (Lipinski definition) is 3. The Kier molecular flexibility index (Phi) is 3.53. The SMILES string of the molecule is CCc1sc(N(C)CC)nc1Br. The van der Waals surface area contributed by atoms with Gasteiger partial charge in [0, 0.05) is 18.5 Å². The van der Waals surface area contributed by atoms with Gasteiger partial charge in [0.1, 0.15) is 4.60 Å². The highest BCUT2D eigenvalue weighted by Crippen LogP contribution is 2.29. The van der Waals surface area contributed by atoms with Crippen molar-refractivity contribution >= 4 is 32.4 Å². The Balaban J connectivity index is 2.88. The maximum absolute atomic E-state index is 4.41. The summed E-state index contributed by atoms with van der Waals surface area (Å²) in [5.74, 6) is 0. The van der Waals surface area contributed by atoms with Gasteiger partial charge in [-0.05, 0) is 29.3 Å². The Morgan fingerprint density at radius 2 is 2.17 bits per heavy atom. The van der Waals surface area contributed by atoms with Gasteiger partial charge in [-0.1, -0.05) is 6.92 Å². The van der Waals surface area contributed by atoms with E-state index >= 15 is 0 Å². The average molecular weight is 249 g/mol. The van der Waals surface area contributed by atoms with Crippen LogP contribution in [0, 0.1) is 0 Å². The second-order valence-electron chi connectivity index (χ2n) is 2.58. The van der Waals surface area contributed by atoms with Gasteiger partial charge in [-0.2, -0.15) is 0 Å². The van der Waals surface area contributed by atoms with E-state index in [-0.39, 0.29) is 0 Å². The van der Waals surface area contributed by atoms with Crippen LogP contribution in [0.2, 0.25) is 0 Å². The summed E-state index contributed by atoms with van der Waals surface area (Å²) in [5.41, 5.74) is 0. The lowest BCUT2D eigenvalue weighted by molar-refractivity contribution is 0.954. The molecular weight excluding hydrogens is 236 g/mol. The van der Waals surface area contributed by atoms with E-state index in [1.807, 2.05) is 0 Å². The number of nitrogens with zero attached hydrogens (tertiary/aromatic N) is 2. The van der Waals surface area contributed by atoms with Crippen molar-refractivity contribution in [3.8, 4) is 0 Å². The first-order chi connectivity index (χ1) is 5.69. The maximum Gasteiger partial charge on any atom is 0.186 e. The first-order valence-electron chi connectivity index (χ1n) is 4.05. The smallest absolute Gasteiger partial charge is 0.186 e. The first kappa shape index (κ1) is 9.99. The zero-order valence-corrected chi connectivity index (χ0v) is 10.00. The molecule has 0 bridgehead atoms. The van der Waals surface area contributed by atoms with Crippen LogP contribution >= 0.6 is 27.3 Å². The van der Waals surface area contributed by atoms with E-state index in [0.29, 0.717) is 0 Å². The number of halogens is 1. The van der Waals surface area contributed by atoms with Crippen molar-refractivity contribution in [2.45, 2.75) is 20.3 Å². The largest absolute Gasteiger partial charge is 0.351 e. The normalized spacial score (nSPS) is 10.3. The molecule has 0 amide bonds. The van der Waals surface area contributed by atoms with Crippen molar-refractivity contribution in [2.75, 3.05) is 18.5 Å². The Hall–Kier alpha value is -0.0900. The summed E-state index contributed by atoms with van der Waals surface area (Å²) in [5, 5.41) is 1.10. The molecule has 4 heteroatoms. The molecule has 0 aliphatic rings. The number of anilines is 1. The molecule has 0 spiro atoms. The zero-order chi connectivity index (χ0) is 9.14. The standard InChI is InChI=1S/C8H13BrN2S/c1-4-6-7(9)10-8(12-6)11(3)5-2/h4-5H2,1-3H3. The number of aryl methyl sites for hydroxylation is 1. The van der Waals surface area contributed by atoms with Crippen molar-refractivity contribution in [1.82, 2.24) is 4.98 Å². The first-order valence-corrected chi connectivity index (χ1v) is 5.66. The molecule has 0 radical (unpaired) electrons. The van der Waals surface area contributed by atoms with Gasteiger partial charge < -0.3 is 4.90 Å². The van der Waals surface area contributed by atoms with Gasteiger partial charge in [-0.15, -0.1) is 11.3 Å². The summed E-state index contributed by atoms with van der Waals surface area (Å²) in [6.45, 7) is 5.28. The quantitative estimate of drug-likeness (QED) is 0.818. The van der Waals surface area contributed by atoms with Crippen molar-refractivity contribution < 1.29 is 0 Å². The molecule has 0 N–H and O–H groups in total. The van der Waals surface area contributed by atoms with E-state index in [1.54, 1.807) is 11.3 Å². The van der Waals surface area contributed by atoms with Crippen molar-refractivity contribution in [2.24, 2.45) is 0 Å². The van der Waals surface area contributed by atoms with Gasteiger partial charge in [-0.25, -0.2) is 4.98 Å². The second-order valence-corrected chi connectivity index (χ2v) is 4.39. The van der Waals surface area contributed by atoms with E-state index in [1.165, 1.54) is 4.88 Å². The molecule has 0 aromatic carbocycles. The molecule has 0 atom stereocenters. The number of rotatable bonds is 3. The lowest BCUT2D eigenvalue weighted by atomic mass is 10.4. The van der Waals surface area contributed by atoms with Crippen molar-refractivity contribution in [3.63, 3.8) is 0 Å². The average Bonchev–Trinajstić information content (AvgIpc) is 2.45. The fourth-order valence-electron chi connectivity index (χ4n) is 0.838. The van der Waals surface area contributed by atoms with Crippen LogP contribution in [0.15, 0.2) is 4.60 Å². The minimum Gasteiger partial charge on any atom is -0.351 e. The second kappa shape index (κ2) is 4.23. The van der Waals surface area contributed by atoms with Crippen LogP contribution in [-0.2, 0) is 6.42 Å². The molecular formula is C8H13BrN2S. The highest BCUT2D eigenvalue weighted by Gasteiger charge is 2.08. The maximum atomic E-state index is 4.41. The minimum absolute atomic E-state index is 1.00. The van der Waals surface area contributed by atoms with Crippen LogP contribution < -0.4 is 4.90 Å². The van der Waals surface area contributed by atoms with Gasteiger partial charge in [0.15, 0.2) is 5.13 Å². The Bertz CT molecular complexity index is 260. The summed E-state index contributed by atoms with van der Waals surface area (Å²) in [4.78, 5) is 7.89. The fraction of sp³-hybridized carbons (Fsp3) is 0.625. The molecule has 1 aromatic heterocycles. The van der Waals surface area contributed by atoms with E-state index in [2.05, 4.69) is 46.7 Å². The molecule has 1 heterocycles. The lowest BCUT2D eigenvalue weighted by Crippen LogP contribution is -2.15. The monoisotopic (exact) mass is 248 g/mol. The van der Waals surface area contributed by atoms with Crippen molar-refractivity contribution in [1.29, 1.82) is 0 Å². The van der Waals surface area contributed by atoms with Crippen LogP contribution in [0.4, 0.5) is 5.13 Å². The fourth-order valence-corrected chi connectivity index (χ4v) is 2.56. The summed E-state index contributed by atoms with van der Waals surface area (Å²) in [6, 6.07) is 0. The molecule has 0 unspecified atom stereocenters. The van der Waals surface area contributed by atoms with Gasteiger partial charge >= 0.3 is 0 Å². The zero-order valence-electron chi connectivity index (χ0n) is 7.59. The summed E-state index contributed by atoms with van der Waals surface area (Å²) < 4.78 is 1.00. The third kappa shape index (κ3) is 1.98. The van der Waals surface area contributed by atoms with E-state index in [4.69, 9.17) is 0 Å². The summed E-state index contributed by atoms with van der Waals surface area (Å²) in [6.07, 6.45) is 1.05. The molecule has 1 aromatic rings. The summed E-state index contributed by atoms with van der Waals surface area (Å²) in [7, 11) is 2.06. The van der Waals surface area contributed by atoms with Gasteiger partial charge in [-0.3, -0.25) is 0 Å². The molecule has 12 heavy (non-hydrogen) atoms. The van der Waals surface area contributed by atoms with Crippen LogP contribution in [0.25, 0.3) is 0 Å². The van der Waals surface area contributed by atoms with E-state index in [9.17, 15) is 0 Å². The molecule has 2 nitrogen and oxygen atoms in total. The Labute approximate surface area is 85.7 Å². The van der Waals surface area contributed by atoms with E-state index < -0.39 is 0 Å². The molecule has 0 aliphatic heterocycles. The third-order valence-corrected chi connectivity index (χ3v) is 3.99. The van der Waals surface area contributed by atoms with Gasteiger partial charge in [0.25, 0.3) is 0 Å². The molecule has 0 saturated heterocycles. The number of thiazole rings is 1. The highest BCUT2D eigenvalue weighted by molar-refractivity contribution is 9.10. The molecule has 1 rings (SSSR count). The number of aromatic nitrogens is 1.